The lowest BCUT2D eigenvalue weighted by molar-refractivity contribution is 0.0763. The molecule has 0 aliphatic carbocycles. The molecule has 4 nitrogen and oxygen atoms in total. The molecule has 3 aromatic carbocycles. The number of fused-ring (bicyclic) bond motifs is 1. The zero-order valence-electron chi connectivity index (χ0n) is 13.0. The molecule has 0 aromatic heterocycles. The largest absolute Gasteiger partial charge is 0.488 e. The van der Waals surface area contributed by atoms with E-state index in [9.17, 15) is 8.42 Å². The number of para-hydroxylation sites is 1. The molecule has 0 saturated carbocycles. The van der Waals surface area contributed by atoms with Crippen molar-refractivity contribution in [1.29, 1.82) is 0 Å². The molecule has 1 heterocycles. The van der Waals surface area contributed by atoms with Crippen LogP contribution in [0.3, 0.4) is 0 Å². The molecule has 3 aromatic rings. The average Bonchev–Trinajstić information content (AvgIpc) is 2.58. The third kappa shape index (κ3) is 2.66. The molecule has 0 unspecified atom stereocenters. The first kappa shape index (κ1) is 15.2. The summed E-state index contributed by atoms with van der Waals surface area (Å²) < 4.78 is 33.1. The highest BCUT2D eigenvalue weighted by Gasteiger charge is 2.38. The quantitative estimate of drug-likeness (QED) is 0.733. The lowest BCUT2D eigenvalue weighted by Crippen LogP contribution is -2.55. The summed E-state index contributed by atoms with van der Waals surface area (Å²) in [7, 11) is -3.50. The lowest BCUT2D eigenvalue weighted by Gasteiger charge is -2.38. The number of hydrogen-bond acceptors (Lipinski definition) is 3. The Labute approximate surface area is 141 Å². The van der Waals surface area contributed by atoms with Crippen LogP contribution in [0.4, 0.5) is 0 Å². The van der Waals surface area contributed by atoms with E-state index in [2.05, 4.69) is 0 Å². The summed E-state index contributed by atoms with van der Waals surface area (Å²) in [5.74, 6) is 0.768. The predicted octanol–water partition coefficient (Wildman–Crippen LogP) is 3.29. The topological polar surface area (TPSA) is 46.6 Å². The molecule has 0 spiro atoms. The van der Waals surface area contributed by atoms with E-state index in [4.69, 9.17) is 4.74 Å². The molecular weight excluding hydrogens is 322 g/mol. The highest BCUT2D eigenvalue weighted by atomic mass is 32.2. The maximum absolute atomic E-state index is 12.9. The molecule has 1 fully saturated rings. The van der Waals surface area contributed by atoms with Crippen molar-refractivity contribution >= 4 is 20.8 Å². The van der Waals surface area contributed by atoms with Crippen LogP contribution in [0.5, 0.6) is 5.75 Å². The van der Waals surface area contributed by atoms with Gasteiger partial charge in [0.05, 0.1) is 18.0 Å². The van der Waals surface area contributed by atoms with Gasteiger partial charge in [-0.1, -0.05) is 54.6 Å². The van der Waals surface area contributed by atoms with Gasteiger partial charge in [-0.3, -0.25) is 0 Å². The lowest BCUT2D eigenvalue weighted by atomic mass is 10.1. The van der Waals surface area contributed by atoms with Gasteiger partial charge < -0.3 is 4.74 Å². The van der Waals surface area contributed by atoms with Crippen molar-refractivity contribution in [1.82, 2.24) is 4.31 Å². The van der Waals surface area contributed by atoms with Crippen LogP contribution < -0.4 is 4.74 Å². The van der Waals surface area contributed by atoms with E-state index >= 15 is 0 Å². The molecule has 0 radical (unpaired) electrons. The first-order valence-corrected chi connectivity index (χ1v) is 9.28. The Balaban J connectivity index is 1.54. The van der Waals surface area contributed by atoms with Crippen molar-refractivity contribution in [3.05, 3.63) is 72.8 Å². The van der Waals surface area contributed by atoms with E-state index in [0.29, 0.717) is 18.0 Å². The van der Waals surface area contributed by atoms with E-state index in [1.807, 2.05) is 60.7 Å². The highest BCUT2D eigenvalue weighted by molar-refractivity contribution is 7.89. The normalized spacial score (nSPS) is 16.0. The van der Waals surface area contributed by atoms with Crippen molar-refractivity contribution in [3.63, 3.8) is 0 Å². The van der Waals surface area contributed by atoms with Crippen LogP contribution in [-0.2, 0) is 10.0 Å². The van der Waals surface area contributed by atoms with Crippen LogP contribution in [0, 0.1) is 0 Å². The van der Waals surface area contributed by atoms with Crippen LogP contribution in [-0.4, -0.2) is 31.9 Å². The van der Waals surface area contributed by atoms with Gasteiger partial charge in [-0.05, 0) is 23.6 Å². The minimum absolute atomic E-state index is 0.0999. The Morgan fingerprint density at radius 3 is 2.29 bits per heavy atom. The number of hydrogen-bond donors (Lipinski definition) is 0. The number of sulfonamides is 1. The summed E-state index contributed by atoms with van der Waals surface area (Å²) in [6.07, 6.45) is -0.0999. The Morgan fingerprint density at radius 1 is 0.833 bits per heavy atom. The van der Waals surface area contributed by atoms with Gasteiger partial charge in [0.1, 0.15) is 11.9 Å². The van der Waals surface area contributed by atoms with Crippen LogP contribution in [0.15, 0.2) is 77.7 Å². The first-order valence-electron chi connectivity index (χ1n) is 7.84. The fourth-order valence-electron chi connectivity index (χ4n) is 2.92. The summed E-state index contributed by atoms with van der Waals surface area (Å²) >= 11 is 0. The molecule has 0 N–H and O–H groups in total. The van der Waals surface area contributed by atoms with E-state index in [1.54, 1.807) is 12.1 Å². The Morgan fingerprint density at radius 2 is 1.50 bits per heavy atom. The summed E-state index contributed by atoms with van der Waals surface area (Å²) in [4.78, 5) is 0.360. The molecular formula is C19H17NO3S. The molecule has 24 heavy (non-hydrogen) atoms. The van der Waals surface area contributed by atoms with Crippen LogP contribution in [0.25, 0.3) is 10.8 Å². The second-order valence-electron chi connectivity index (χ2n) is 5.85. The average molecular weight is 339 g/mol. The predicted molar refractivity (Wildman–Crippen MR) is 93.6 cm³/mol. The summed E-state index contributed by atoms with van der Waals surface area (Å²) in [5.41, 5.74) is 0. The van der Waals surface area contributed by atoms with Crippen molar-refractivity contribution in [3.8, 4) is 5.75 Å². The zero-order valence-corrected chi connectivity index (χ0v) is 13.8. The van der Waals surface area contributed by atoms with Gasteiger partial charge in [0.2, 0.25) is 10.0 Å². The van der Waals surface area contributed by atoms with Crippen molar-refractivity contribution < 1.29 is 13.2 Å². The fourth-order valence-corrected chi connectivity index (χ4v) is 4.64. The standard InChI is InChI=1S/C19H17NO3S/c21-24(22,19-12-6-8-15-7-4-5-11-18(15)19)20-13-17(14-20)23-16-9-2-1-3-10-16/h1-12,17H,13-14H2. The minimum atomic E-state index is -3.50. The van der Waals surface area contributed by atoms with E-state index in [1.165, 1.54) is 4.31 Å². The van der Waals surface area contributed by atoms with Gasteiger partial charge in [-0.25, -0.2) is 8.42 Å². The second-order valence-corrected chi connectivity index (χ2v) is 7.76. The third-order valence-electron chi connectivity index (χ3n) is 4.23. The second kappa shape index (κ2) is 5.92. The molecule has 5 heteroatoms. The summed E-state index contributed by atoms with van der Waals surface area (Å²) in [6.45, 7) is 0.751. The van der Waals surface area contributed by atoms with E-state index in [0.717, 1.165) is 16.5 Å². The Bertz CT molecular complexity index is 959. The summed E-state index contributed by atoms with van der Waals surface area (Å²) in [6, 6.07) is 22.4. The number of rotatable bonds is 4. The van der Waals surface area contributed by atoms with Gasteiger partial charge in [-0.15, -0.1) is 0 Å². The molecule has 0 amide bonds. The maximum Gasteiger partial charge on any atom is 0.243 e. The first-order chi connectivity index (χ1) is 11.6. The van der Waals surface area contributed by atoms with E-state index < -0.39 is 10.0 Å². The maximum atomic E-state index is 12.9. The smallest absolute Gasteiger partial charge is 0.243 e. The van der Waals surface area contributed by atoms with Crippen molar-refractivity contribution in [2.24, 2.45) is 0 Å². The fraction of sp³-hybridized carbons (Fsp3) is 0.158. The molecule has 4 rings (SSSR count). The van der Waals surface area contributed by atoms with Gasteiger partial charge in [0.25, 0.3) is 0 Å². The van der Waals surface area contributed by atoms with Crippen molar-refractivity contribution in [2.75, 3.05) is 13.1 Å². The molecule has 1 saturated heterocycles. The SMILES string of the molecule is O=S(=O)(c1cccc2ccccc12)N1CC(Oc2ccccc2)C1. The molecule has 0 atom stereocenters. The number of nitrogens with zero attached hydrogens (tertiary/aromatic N) is 1. The van der Waals surface area contributed by atoms with Crippen LogP contribution in [0.1, 0.15) is 0 Å². The number of benzene rings is 3. The monoisotopic (exact) mass is 339 g/mol. The summed E-state index contributed by atoms with van der Waals surface area (Å²) in [5, 5.41) is 1.68. The third-order valence-corrected chi connectivity index (χ3v) is 6.12. The molecule has 1 aliphatic heterocycles. The molecule has 1 aliphatic rings. The van der Waals surface area contributed by atoms with Gasteiger partial charge >= 0.3 is 0 Å². The van der Waals surface area contributed by atoms with Gasteiger partial charge in [0.15, 0.2) is 0 Å². The van der Waals surface area contributed by atoms with Gasteiger partial charge in [-0.2, -0.15) is 4.31 Å². The van der Waals surface area contributed by atoms with Crippen LogP contribution in [0.2, 0.25) is 0 Å². The van der Waals surface area contributed by atoms with E-state index in [-0.39, 0.29) is 6.10 Å². The molecule has 122 valence electrons. The zero-order chi connectivity index (χ0) is 16.6. The molecule has 0 bridgehead atoms. The number of ether oxygens (including phenoxy) is 1. The van der Waals surface area contributed by atoms with Gasteiger partial charge in [0, 0.05) is 5.39 Å². The highest BCUT2D eigenvalue weighted by Crippen LogP contribution is 2.29. The minimum Gasteiger partial charge on any atom is -0.488 e. The Hall–Kier alpha value is -2.37. The Kier molecular flexibility index (Phi) is 3.75. The van der Waals surface area contributed by atoms with Crippen molar-refractivity contribution in [2.45, 2.75) is 11.0 Å². The van der Waals surface area contributed by atoms with Crippen LogP contribution >= 0.6 is 0 Å².